The average Bonchev–Trinajstić information content (AvgIpc) is 2.71. The van der Waals surface area contributed by atoms with Crippen LogP contribution in [0.1, 0.15) is 5.56 Å². The summed E-state index contributed by atoms with van der Waals surface area (Å²) in [5, 5.41) is 0. The van der Waals surface area contributed by atoms with Gasteiger partial charge in [-0.15, -0.1) is 0 Å². The van der Waals surface area contributed by atoms with Crippen molar-refractivity contribution in [1.29, 1.82) is 0 Å². The van der Waals surface area contributed by atoms with Crippen molar-refractivity contribution in [3.8, 4) is 0 Å². The van der Waals surface area contributed by atoms with E-state index in [-0.39, 0.29) is 0 Å². The van der Waals surface area contributed by atoms with Crippen LogP contribution in [0.4, 0.5) is 5.69 Å². The van der Waals surface area contributed by atoms with E-state index < -0.39 is 0 Å². The minimum absolute atomic E-state index is 0.706. The van der Waals surface area contributed by atoms with Crippen LogP contribution in [0.15, 0.2) is 29.3 Å². The summed E-state index contributed by atoms with van der Waals surface area (Å²) in [5.41, 5.74) is 8.04. The predicted molar refractivity (Wildman–Crippen MR) is 59.9 cm³/mol. The van der Waals surface area contributed by atoms with Gasteiger partial charge in [0, 0.05) is 12.2 Å². The number of aliphatic imine (C=N–C) groups is 1. The molecule has 74 valence electrons. The van der Waals surface area contributed by atoms with Crippen LogP contribution >= 0.6 is 0 Å². The van der Waals surface area contributed by atoms with E-state index in [9.17, 15) is 0 Å². The fourth-order valence-electron chi connectivity index (χ4n) is 1.63. The van der Waals surface area contributed by atoms with E-state index in [0.717, 1.165) is 19.5 Å². The zero-order valence-electron chi connectivity index (χ0n) is 8.19. The molecule has 0 saturated heterocycles. The normalized spacial score (nSPS) is 15.1. The van der Waals surface area contributed by atoms with Crippen LogP contribution in [0, 0.1) is 0 Å². The molecule has 0 spiro atoms. The first-order valence-electron chi connectivity index (χ1n) is 4.96. The molecule has 0 fully saturated rings. The van der Waals surface area contributed by atoms with E-state index in [4.69, 9.17) is 5.73 Å². The van der Waals surface area contributed by atoms with Crippen molar-refractivity contribution in [2.24, 2.45) is 10.7 Å². The third-order valence-corrected chi connectivity index (χ3v) is 2.37. The highest BCUT2D eigenvalue weighted by atomic mass is 15.2. The molecule has 1 aliphatic heterocycles. The van der Waals surface area contributed by atoms with Crippen molar-refractivity contribution in [3.63, 3.8) is 0 Å². The Labute approximate surface area is 84.2 Å². The van der Waals surface area contributed by atoms with Crippen molar-refractivity contribution >= 4 is 12.0 Å². The van der Waals surface area contributed by atoms with Crippen LogP contribution in [-0.2, 0) is 6.42 Å². The fourth-order valence-corrected chi connectivity index (χ4v) is 1.63. The lowest BCUT2D eigenvalue weighted by molar-refractivity contribution is 0.964. The first-order chi connectivity index (χ1) is 6.90. The molecule has 14 heavy (non-hydrogen) atoms. The van der Waals surface area contributed by atoms with E-state index in [1.165, 1.54) is 11.3 Å². The Bertz CT molecular complexity index is 333. The summed E-state index contributed by atoms with van der Waals surface area (Å²) in [7, 11) is 0. The Morgan fingerprint density at radius 2 is 2.36 bits per heavy atom. The maximum atomic E-state index is 5.52. The second kappa shape index (κ2) is 4.24. The summed E-state index contributed by atoms with van der Waals surface area (Å²) < 4.78 is 0. The summed E-state index contributed by atoms with van der Waals surface area (Å²) >= 11 is 0. The van der Waals surface area contributed by atoms with Gasteiger partial charge in [-0.25, -0.2) is 0 Å². The summed E-state index contributed by atoms with van der Waals surface area (Å²) in [4.78, 5) is 6.36. The van der Waals surface area contributed by atoms with Gasteiger partial charge in [0.15, 0.2) is 0 Å². The van der Waals surface area contributed by atoms with Gasteiger partial charge >= 0.3 is 0 Å². The van der Waals surface area contributed by atoms with Crippen molar-refractivity contribution < 1.29 is 0 Å². The van der Waals surface area contributed by atoms with Crippen molar-refractivity contribution in [2.45, 2.75) is 6.42 Å². The molecule has 0 saturated carbocycles. The molecule has 1 aromatic rings. The first-order valence-corrected chi connectivity index (χ1v) is 4.96. The quantitative estimate of drug-likeness (QED) is 0.771. The number of benzene rings is 1. The Morgan fingerprint density at radius 1 is 1.43 bits per heavy atom. The molecule has 0 atom stereocenters. The Kier molecular flexibility index (Phi) is 2.79. The molecule has 1 aliphatic rings. The minimum atomic E-state index is 0.706. The van der Waals surface area contributed by atoms with Crippen LogP contribution in [-0.4, -0.2) is 26.0 Å². The largest absolute Gasteiger partial charge is 0.331 e. The molecule has 0 unspecified atom stereocenters. The van der Waals surface area contributed by atoms with E-state index in [0.29, 0.717) is 6.54 Å². The minimum Gasteiger partial charge on any atom is -0.331 e. The topological polar surface area (TPSA) is 41.6 Å². The van der Waals surface area contributed by atoms with E-state index in [1.807, 2.05) is 6.34 Å². The average molecular weight is 189 g/mol. The molecule has 3 nitrogen and oxygen atoms in total. The lowest BCUT2D eigenvalue weighted by Crippen LogP contribution is -2.18. The highest BCUT2D eigenvalue weighted by Crippen LogP contribution is 2.16. The first kappa shape index (κ1) is 9.21. The highest BCUT2D eigenvalue weighted by molar-refractivity contribution is 5.81. The molecule has 1 heterocycles. The Balaban J connectivity index is 2.16. The van der Waals surface area contributed by atoms with Gasteiger partial charge in [0.2, 0.25) is 0 Å². The van der Waals surface area contributed by atoms with Gasteiger partial charge in [-0.3, -0.25) is 4.99 Å². The molecule has 1 aromatic carbocycles. The number of rotatable bonds is 3. The Hall–Kier alpha value is -1.35. The Morgan fingerprint density at radius 3 is 3.07 bits per heavy atom. The molecule has 3 heteroatoms. The molecule has 0 aromatic heterocycles. The molecular weight excluding hydrogens is 174 g/mol. The van der Waals surface area contributed by atoms with Gasteiger partial charge < -0.3 is 10.6 Å². The molecule has 0 bridgehead atoms. The smallest absolute Gasteiger partial charge is 0.0895 e. The van der Waals surface area contributed by atoms with Crippen LogP contribution in [0.3, 0.4) is 0 Å². The predicted octanol–water partition coefficient (Wildman–Crippen LogP) is 1.04. The summed E-state index contributed by atoms with van der Waals surface area (Å²) in [6, 6.07) is 8.48. The van der Waals surface area contributed by atoms with Gasteiger partial charge in [0.1, 0.15) is 0 Å². The third-order valence-electron chi connectivity index (χ3n) is 2.37. The number of nitrogens with two attached hydrogens (primary N) is 1. The zero-order valence-corrected chi connectivity index (χ0v) is 8.19. The summed E-state index contributed by atoms with van der Waals surface area (Å²) in [6.07, 6.45) is 2.85. The maximum absolute atomic E-state index is 5.52. The van der Waals surface area contributed by atoms with Crippen molar-refractivity contribution in [3.05, 3.63) is 29.8 Å². The summed E-state index contributed by atoms with van der Waals surface area (Å²) in [6.45, 7) is 2.60. The monoisotopic (exact) mass is 189 g/mol. The second-order valence-electron chi connectivity index (χ2n) is 3.42. The fraction of sp³-hybridized carbons (Fsp3) is 0.364. The lowest BCUT2D eigenvalue weighted by atomic mass is 10.1. The van der Waals surface area contributed by atoms with E-state index >= 15 is 0 Å². The number of anilines is 1. The van der Waals surface area contributed by atoms with Crippen LogP contribution in [0.25, 0.3) is 0 Å². The van der Waals surface area contributed by atoms with Crippen LogP contribution < -0.4 is 10.6 Å². The van der Waals surface area contributed by atoms with Gasteiger partial charge in [-0.1, -0.05) is 12.1 Å². The molecule has 2 N–H and O–H groups in total. The van der Waals surface area contributed by atoms with E-state index in [1.54, 1.807) is 0 Å². The van der Waals surface area contributed by atoms with E-state index in [2.05, 4.69) is 34.2 Å². The molecule has 0 radical (unpaired) electrons. The van der Waals surface area contributed by atoms with Gasteiger partial charge in [0.25, 0.3) is 0 Å². The number of nitrogens with zero attached hydrogens (tertiary/aromatic N) is 2. The molecular formula is C11H15N3. The highest BCUT2D eigenvalue weighted by Gasteiger charge is 2.07. The summed E-state index contributed by atoms with van der Waals surface area (Å²) in [5.74, 6) is 0. The zero-order chi connectivity index (χ0) is 9.80. The molecule has 0 aliphatic carbocycles. The third kappa shape index (κ3) is 1.93. The van der Waals surface area contributed by atoms with Gasteiger partial charge in [0.05, 0.1) is 12.9 Å². The maximum Gasteiger partial charge on any atom is 0.0895 e. The van der Waals surface area contributed by atoms with Gasteiger partial charge in [-0.2, -0.15) is 0 Å². The van der Waals surface area contributed by atoms with Crippen molar-refractivity contribution in [2.75, 3.05) is 24.5 Å². The van der Waals surface area contributed by atoms with Crippen LogP contribution in [0.2, 0.25) is 0 Å². The second-order valence-corrected chi connectivity index (χ2v) is 3.42. The standard InChI is InChI=1S/C11H15N3/c12-5-4-10-2-1-3-11(8-10)14-7-6-13-9-14/h1-3,8-9H,4-7,12H2. The molecule has 2 rings (SSSR count). The number of hydrogen-bond acceptors (Lipinski definition) is 3. The number of hydrogen-bond donors (Lipinski definition) is 1. The molecule has 0 amide bonds. The van der Waals surface area contributed by atoms with Gasteiger partial charge in [-0.05, 0) is 30.7 Å². The van der Waals surface area contributed by atoms with Crippen molar-refractivity contribution in [1.82, 2.24) is 0 Å². The van der Waals surface area contributed by atoms with Crippen LogP contribution in [0.5, 0.6) is 0 Å². The SMILES string of the molecule is NCCc1cccc(N2C=NCC2)c1. The lowest BCUT2D eigenvalue weighted by Gasteiger charge is -2.14.